The number of nitrogens with zero attached hydrogens (tertiary/aromatic N) is 1. The Bertz CT molecular complexity index is 337. The molecule has 2 N–H and O–H groups in total. The van der Waals surface area contributed by atoms with Crippen molar-refractivity contribution in [1.82, 2.24) is 4.90 Å². The van der Waals surface area contributed by atoms with Crippen molar-refractivity contribution < 1.29 is 13.6 Å². The van der Waals surface area contributed by atoms with Gasteiger partial charge in [0.1, 0.15) is 0 Å². The lowest BCUT2D eigenvalue weighted by Crippen LogP contribution is -2.64. The first-order chi connectivity index (χ1) is 7.84. The average molecular weight is 244 g/mol. The van der Waals surface area contributed by atoms with Crippen molar-refractivity contribution in [2.45, 2.75) is 50.0 Å². The zero-order valence-corrected chi connectivity index (χ0v) is 9.85. The summed E-state index contributed by atoms with van der Waals surface area (Å²) in [7, 11) is 0. The predicted octanol–water partition coefficient (Wildman–Crippen LogP) is 1.52. The summed E-state index contributed by atoms with van der Waals surface area (Å²) in [6, 6.07) is 0. The van der Waals surface area contributed by atoms with E-state index in [0.717, 1.165) is 38.5 Å². The lowest BCUT2D eigenvalue weighted by atomic mass is 9.57. The Morgan fingerprint density at radius 2 is 1.47 bits per heavy atom. The third kappa shape index (κ3) is 1.66. The maximum Gasteiger partial charge on any atom is 0.282 e. The quantitative estimate of drug-likeness (QED) is 0.760. The van der Waals surface area contributed by atoms with Crippen LogP contribution in [0.15, 0.2) is 0 Å². The van der Waals surface area contributed by atoms with Crippen LogP contribution in [0, 0.1) is 5.41 Å². The van der Waals surface area contributed by atoms with E-state index in [0.29, 0.717) is 0 Å². The first-order valence-electron chi connectivity index (χ1n) is 6.31. The smallest absolute Gasteiger partial charge is 0.282 e. The Labute approximate surface area is 99.3 Å². The minimum absolute atomic E-state index is 0.0508. The van der Waals surface area contributed by atoms with Crippen molar-refractivity contribution in [3.63, 3.8) is 0 Å². The van der Waals surface area contributed by atoms with Gasteiger partial charge in [-0.3, -0.25) is 4.79 Å². The summed E-state index contributed by atoms with van der Waals surface area (Å²) < 4.78 is 25.6. The Morgan fingerprint density at radius 3 is 1.88 bits per heavy atom. The molecule has 0 radical (unpaired) electrons. The van der Waals surface area contributed by atoms with Crippen LogP contribution in [0.1, 0.15) is 38.5 Å². The Hall–Kier alpha value is -0.710. The normalized spacial score (nSPS) is 43.4. The van der Waals surface area contributed by atoms with Crippen molar-refractivity contribution in [2.24, 2.45) is 11.1 Å². The highest BCUT2D eigenvalue weighted by molar-refractivity contribution is 5.84. The van der Waals surface area contributed by atoms with Gasteiger partial charge in [0, 0.05) is 11.0 Å². The number of rotatable bonds is 1. The van der Waals surface area contributed by atoms with Gasteiger partial charge < -0.3 is 10.6 Å². The molecule has 3 saturated carbocycles. The van der Waals surface area contributed by atoms with Gasteiger partial charge in [-0.05, 0) is 38.5 Å². The molecule has 4 rings (SSSR count). The molecule has 3 nitrogen and oxygen atoms in total. The maximum absolute atomic E-state index is 12.8. The maximum atomic E-state index is 12.8. The monoisotopic (exact) mass is 244 g/mol. The van der Waals surface area contributed by atoms with Gasteiger partial charge in [-0.2, -0.15) is 0 Å². The number of alkyl halides is 2. The van der Waals surface area contributed by atoms with Gasteiger partial charge in [-0.15, -0.1) is 0 Å². The molecule has 2 bridgehead atoms. The molecular weight excluding hydrogens is 226 g/mol. The second-order valence-electron chi connectivity index (χ2n) is 6.16. The Morgan fingerprint density at radius 1 is 1.00 bits per heavy atom. The second-order valence-corrected chi connectivity index (χ2v) is 6.16. The number of hydrogen-bond donors (Lipinski definition) is 1. The van der Waals surface area contributed by atoms with Crippen LogP contribution in [0.3, 0.4) is 0 Å². The van der Waals surface area contributed by atoms with Crippen LogP contribution in [0.25, 0.3) is 0 Å². The summed E-state index contributed by atoms with van der Waals surface area (Å²) in [5, 5.41) is 0. The van der Waals surface area contributed by atoms with Crippen LogP contribution < -0.4 is 5.73 Å². The molecule has 0 spiro atoms. The summed E-state index contributed by atoms with van der Waals surface area (Å²) in [6.07, 6.45) is 4.94. The van der Waals surface area contributed by atoms with E-state index in [1.807, 2.05) is 0 Å². The molecule has 0 aromatic heterocycles. The molecule has 1 aliphatic heterocycles. The van der Waals surface area contributed by atoms with Crippen LogP contribution in [0.4, 0.5) is 8.78 Å². The standard InChI is InChI=1S/C12H18F2N2O/c13-12(14)7-16(8-12)9(17)10-1-4-11(15,5-2-10)6-3-10/h1-8,15H2. The molecule has 1 saturated heterocycles. The molecule has 0 aromatic rings. The van der Waals surface area contributed by atoms with Crippen molar-refractivity contribution in [2.75, 3.05) is 13.1 Å². The number of hydrogen-bond acceptors (Lipinski definition) is 2. The zero-order valence-electron chi connectivity index (χ0n) is 9.85. The van der Waals surface area contributed by atoms with Crippen LogP contribution in [-0.4, -0.2) is 35.4 Å². The average Bonchev–Trinajstić information content (AvgIpc) is 2.26. The van der Waals surface area contributed by atoms with Gasteiger partial charge in [-0.1, -0.05) is 0 Å². The van der Waals surface area contributed by atoms with Crippen LogP contribution in [-0.2, 0) is 4.79 Å². The molecule has 0 aromatic carbocycles. The largest absolute Gasteiger partial charge is 0.330 e. The molecule has 0 unspecified atom stereocenters. The third-order valence-corrected chi connectivity index (χ3v) is 4.89. The van der Waals surface area contributed by atoms with E-state index in [-0.39, 0.29) is 30.0 Å². The SMILES string of the molecule is NC12CCC(C(=O)N3CC(F)(F)C3)(CC1)CC2. The van der Waals surface area contributed by atoms with Gasteiger partial charge in [0.25, 0.3) is 5.92 Å². The molecule has 4 fully saturated rings. The van der Waals surface area contributed by atoms with E-state index >= 15 is 0 Å². The Balaban J connectivity index is 1.71. The van der Waals surface area contributed by atoms with Crippen molar-refractivity contribution >= 4 is 5.91 Å². The number of amides is 1. The molecule has 96 valence electrons. The predicted molar refractivity (Wildman–Crippen MR) is 58.6 cm³/mol. The molecule has 1 heterocycles. The molecule has 5 heteroatoms. The molecule has 0 atom stereocenters. The number of carbonyl (C=O) groups is 1. The summed E-state index contributed by atoms with van der Waals surface area (Å²) in [5.41, 5.74) is 5.73. The molecule has 1 amide bonds. The third-order valence-electron chi connectivity index (χ3n) is 4.89. The fourth-order valence-electron chi connectivity index (χ4n) is 3.53. The highest BCUT2D eigenvalue weighted by Gasteiger charge is 2.56. The lowest BCUT2D eigenvalue weighted by molar-refractivity contribution is -0.180. The number of halogens is 2. The topological polar surface area (TPSA) is 46.3 Å². The van der Waals surface area contributed by atoms with E-state index in [2.05, 4.69) is 0 Å². The van der Waals surface area contributed by atoms with Gasteiger partial charge in [-0.25, -0.2) is 8.78 Å². The van der Waals surface area contributed by atoms with Crippen molar-refractivity contribution in [3.05, 3.63) is 0 Å². The van der Waals surface area contributed by atoms with Crippen LogP contribution >= 0.6 is 0 Å². The van der Waals surface area contributed by atoms with Crippen LogP contribution in [0.2, 0.25) is 0 Å². The van der Waals surface area contributed by atoms with Gasteiger partial charge in [0.15, 0.2) is 0 Å². The summed E-state index contributed by atoms with van der Waals surface area (Å²) >= 11 is 0. The molecule has 4 aliphatic rings. The number of nitrogens with two attached hydrogens (primary N) is 1. The minimum Gasteiger partial charge on any atom is -0.330 e. The summed E-state index contributed by atoms with van der Waals surface area (Å²) in [5.74, 6) is -2.71. The van der Waals surface area contributed by atoms with Gasteiger partial charge >= 0.3 is 0 Å². The number of fused-ring (bicyclic) bond motifs is 3. The number of likely N-dealkylation sites (tertiary alicyclic amines) is 1. The van der Waals surface area contributed by atoms with Crippen molar-refractivity contribution in [3.8, 4) is 0 Å². The van der Waals surface area contributed by atoms with E-state index in [9.17, 15) is 13.6 Å². The zero-order chi connectivity index (χ0) is 12.3. The van der Waals surface area contributed by atoms with Gasteiger partial charge in [0.2, 0.25) is 5.91 Å². The highest BCUT2D eigenvalue weighted by Crippen LogP contribution is 2.52. The van der Waals surface area contributed by atoms with E-state index in [4.69, 9.17) is 5.73 Å². The summed E-state index contributed by atoms with van der Waals surface area (Å²) in [4.78, 5) is 13.6. The van der Waals surface area contributed by atoms with Crippen LogP contribution in [0.5, 0.6) is 0 Å². The first kappa shape index (κ1) is 11.4. The minimum atomic E-state index is -2.66. The molecule has 17 heavy (non-hydrogen) atoms. The van der Waals surface area contributed by atoms with E-state index in [1.165, 1.54) is 4.90 Å². The highest BCUT2D eigenvalue weighted by atomic mass is 19.3. The first-order valence-corrected chi connectivity index (χ1v) is 6.31. The van der Waals surface area contributed by atoms with E-state index in [1.54, 1.807) is 0 Å². The second kappa shape index (κ2) is 3.19. The molecule has 3 aliphatic carbocycles. The fraction of sp³-hybridized carbons (Fsp3) is 0.917. The fourth-order valence-corrected chi connectivity index (χ4v) is 3.53. The van der Waals surface area contributed by atoms with E-state index < -0.39 is 5.92 Å². The number of carbonyl (C=O) groups excluding carboxylic acids is 1. The lowest BCUT2D eigenvalue weighted by Gasteiger charge is -2.53. The van der Waals surface area contributed by atoms with Crippen molar-refractivity contribution in [1.29, 1.82) is 0 Å². The summed E-state index contributed by atoms with van der Waals surface area (Å²) in [6.45, 7) is -0.775. The van der Waals surface area contributed by atoms with Gasteiger partial charge in [0.05, 0.1) is 13.1 Å². The molecular formula is C12H18F2N2O. The Kier molecular flexibility index (Phi) is 2.14.